The van der Waals surface area contributed by atoms with Crippen LogP contribution in [0.4, 0.5) is 0 Å². The highest BCUT2D eigenvalue weighted by Gasteiger charge is 2.14. The summed E-state index contributed by atoms with van der Waals surface area (Å²) in [5.41, 5.74) is 0. The van der Waals surface area contributed by atoms with E-state index >= 15 is 0 Å². The highest BCUT2D eigenvalue weighted by molar-refractivity contribution is 8.03. The Labute approximate surface area is 101 Å². The van der Waals surface area contributed by atoms with E-state index in [4.69, 9.17) is 0 Å². The maximum absolute atomic E-state index is 9.70. The highest BCUT2D eigenvalue weighted by Crippen LogP contribution is 2.16. The number of nitrogens with zero attached hydrogens (tertiary/aromatic N) is 1. The molecule has 0 bridgehead atoms. The molecule has 1 aliphatic heterocycles. The van der Waals surface area contributed by atoms with E-state index in [1.165, 1.54) is 23.0 Å². The zero-order chi connectivity index (χ0) is 11.1. The summed E-state index contributed by atoms with van der Waals surface area (Å²) in [7, 11) is 3.97. The van der Waals surface area contributed by atoms with Crippen LogP contribution in [0, 0.1) is 0 Å². The maximum Gasteiger partial charge on any atom is 0.0791 e. The molecule has 0 aromatic rings. The van der Waals surface area contributed by atoms with Gasteiger partial charge in [0.25, 0.3) is 0 Å². The monoisotopic (exact) mass is 250 g/mol. The molecule has 15 heavy (non-hydrogen) atoms. The zero-order valence-electron chi connectivity index (χ0n) is 9.61. The number of aliphatic hydroxyl groups is 1. The van der Waals surface area contributed by atoms with Crippen LogP contribution in [-0.4, -0.2) is 72.3 Å². The van der Waals surface area contributed by atoms with Crippen molar-refractivity contribution in [2.45, 2.75) is 12.1 Å². The van der Waals surface area contributed by atoms with E-state index in [1.54, 1.807) is 0 Å². The van der Waals surface area contributed by atoms with Crippen molar-refractivity contribution in [3.63, 3.8) is 0 Å². The van der Waals surface area contributed by atoms with Crippen molar-refractivity contribution in [3.05, 3.63) is 0 Å². The summed E-state index contributed by atoms with van der Waals surface area (Å²) in [6.45, 7) is 1.45. The molecule has 1 atom stereocenters. The molecule has 1 rings (SSSR count). The second-order valence-corrected chi connectivity index (χ2v) is 6.47. The molecule has 1 fully saturated rings. The Bertz CT molecular complexity index is 162. The van der Waals surface area contributed by atoms with Gasteiger partial charge in [0.1, 0.15) is 0 Å². The molecule has 0 spiro atoms. The van der Waals surface area contributed by atoms with Gasteiger partial charge in [-0.1, -0.05) is 0 Å². The first kappa shape index (κ1) is 13.6. The van der Waals surface area contributed by atoms with Crippen LogP contribution in [0.5, 0.6) is 0 Å². The summed E-state index contributed by atoms with van der Waals surface area (Å²) in [5, 5.41) is 13.2. The van der Waals surface area contributed by atoms with Gasteiger partial charge < -0.3 is 15.3 Å². The molecule has 0 amide bonds. The lowest BCUT2D eigenvalue weighted by atomic mass is 10.3. The third-order valence-corrected chi connectivity index (χ3v) is 4.75. The number of thioether (sulfide) groups is 2. The van der Waals surface area contributed by atoms with Gasteiger partial charge in [-0.15, -0.1) is 0 Å². The summed E-state index contributed by atoms with van der Waals surface area (Å²) in [5.74, 6) is 4.90. The lowest BCUT2D eigenvalue weighted by Crippen LogP contribution is -2.41. The fourth-order valence-corrected chi connectivity index (χ4v) is 3.99. The molecule has 0 saturated carbocycles. The van der Waals surface area contributed by atoms with Gasteiger partial charge in [-0.3, -0.25) is 0 Å². The van der Waals surface area contributed by atoms with Crippen LogP contribution in [0.3, 0.4) is 0 Å². The van der Waals surface area contributed by atoms with Crippen molar-refractivity contribution < 1.29 is 5.11 Å². The van der Waals surface area contributed by atoms with Crippen LogP contribution in [0.2, 0.25) is 0 Å². The second kappa shape index (κ2) is 7.79. The van der Waals surface area contributed by atoms with E-state index in [0.29, 0.717) is 12.6 Å². The molecule has 3 nitrogen and oxygen atoms in total. The van der Waals surface area contributed by atoms with Gasteiger partial charge in [0.2, 0.25) is 0 Å². The van der Waals surface area contributed by atoms with E-state index in [-0.39, 0.29) is 6.10 Å². The van der Waals surface area contributed by atoms with E-state index < -0.39 is 0 Å². The summed E-state index contributed by atoms with van der Waals surface area (Å²) >= 11 is 4.03. The molecule has 2 N–H and O–H groups in total. The first-order chi connectivity index (χ1) is 7.18. The van der Waals surface area contributed by atoms with E-state index in [1.807, 2.05) is 42.5 Å². The third kappa shape index (κ3) is 6.68. The second-order valence-electron chi connectivity index (χ2n) is 4.17. The Morgan fingerprint density at radius 1 is 1.33 bits per heavy atom. The zero-order valence-corrected chi connectivity index (χ0v) is 11.2. The maximum atomic E-state index is 9.70. The molecule has 5 heteroatoms. The summed E-state index contributed by atoms with van der Waals surface area (Å²) in [6.07, 6.45) is -0.252. The SMILES string of the molecule is CN(C)C[C@@H](O)CNC1CSCCSC1. The normalized spacial score (nSPS) is 21.6. The Morgan fingerprint density at radius 3 is 2.47 bits per heavy atom. The minimum Gasteiger partial charge on any atom is -0.390 e. The molecular formula is C10H22N2OS2. The Morgan fingerprint density at radius 2 is 1.93 bits per heavy atom. The van der Waals surface area contributed by atoms with Gasteiger partial charge >= 0.3 is 0 Å². The predicted octanol–water partition coefficient (Wildman–Crippen LogP) is 0.347. The largest absolute Gasteiger partial charge is 0.390 e. The van der Waals surface area contributed by atoms with E-state index in [9.17, 15) is 5.11 Å². The van der Waals surface area contributed by atoms with Crippen LogP contribution in [0.15, 0.2) is 0 Å². The van der Waals surface area contributed by atoms with E-state index in [0.717, 1.165) is 6.54 Å². The number of rotatable bonds is 5. The molecule has 1 saturated heterocycles. The van der Waals surface area contributed by atoms with Gasteiger partial charge in [0.15, 0.2) is 0 Å². The quantitative estimate of drug-likeness (QED) is 0.736. The van der Waals surface area contributed by atoms with Crippen LogP contribution < -0.4 is 5.32 Å². The fraction of sp³-hybridized carbons (Fsp3) is 1.00. The smallest absolute Gasteiger partial charge is 0.0791 e. The first-order valence-electron chi connectivity index (χ1n) is 5.40. The van der Waals surface area contributed by atoms with Gasteiger partial charge in [-0.05, 0) is 14.1 Å². The molecule has 1 aliphatic rings. The van der Waals surface area contributed by atoms with Gasteiger partial charge in [0.05, 0.1) is 6.10 Å². The minimum atomic E-state index is -0.252. The molecule has 90 valence electrons. The predicted molar refractivity (Wildman–Crippen MR) is 71.0 cm³/mol. The first-order valence-corrected chi connectivity index (χ1v) is 7.71. The molecule has 0 aromatic heterocycles. The van der Waals surface area contributed by atoms with Crippen molar-refractivity contribution in [3.8, 4) is 0 Å². The van der Waals surface area contributed by atoms with Crippen molar-refractivity contribution >= 4 is 23.5 Å². The summed E-state index contributed by atoms with van der Waals surface area (Å²) < 4.78 is 0. The minimum absolute atomic E-state index is 0.252. The summed E-state index contributed by atoms with van der Waals surface area (Å²) in [4.78, 5) is 2.02. The number of aliphatic hydroxyl groups excluding tert-OH is 1. The molecule has 0 aliphatic carbocycles. The highest BCUT2D eigenvalue weighted by atomic mass is 32.2. The lowest BCUT2D eigenvalue weighted by molar-refractivity contribution is 0.133. The van der Waals surface area contributed by atoms with Crippen LogP contribution in [-0.2, 0) is 0 Å². The number of likely N-dealkylation sites (N-methyl/N-ethyl adjacent to an activating group) is 1. The van der Waals surface area contributed by atoms with Crippen LogP contribution >= 0.6 is 23.5 Å². The average Bonchev–Trinajstić information content (AvgIpc) is 2.41. The summed E-state index contributed by atoms with van der Waals surface area (Å²) in [6, 6.07) is 0.569. The Hall–Kier alpha value is 0.580. The molecular weight excluding hydrogens is 228 g/mol. The lowest BCUT2D eigenvalue weighted by Gasteiger charge is -2.20. The van der Waals surface area contributed by atoms with Crippen molar-refractivity contribution in [2.24, 2.45) is 0 Å². The van der Waals surface area contributed by atoms with E-state index in [2.05, 4.69) is 5.32 Å². The molecule has 0 unspecified atom stereocenters. The van der Waals surface area contributed by atoms with Crippen molar-refractivity contribution in [2.75, 3.05) is 50.2 Å². The Balaban J connectivity index is 2.11. The van der Waals surface area contributed by atoms with Gasteiger partial charge in [-0.2, -0.15) is 23.5 Å². The third-order valence-electron chi connectivity index (χ3n) is 2.23. The number of nitrogens with one attached hydrogen (secondary N) is 1. The molecule has 1 heterocycles. The van der Waals surface area contributed by atoms with Crippen LogP contribution in [0.25, 0.3) is 0 Å². The topological polar surface area (TPSA) is 35.5 Å². The van der Waals surface area contributed by atoms with Gasteiger partial charge in [-0.25, -0.2) is 0 Å². The average molecular weight is 250 g/mol. The standard InChI is InChI=1S/C10H22N2OS2/c1-12(2)6-10(13)5-11-9-7-14-3-4-15-8-9/h9-11,13H,3-8H2,1-2H3/t10-/m0/s1. The van der Waals surface area contributed by atoms with Gasteiger partial charge in [0, 0.05) is 42.1 Å². The molecule has 0 aromatic carbocycles. The fourth-order valence-electron chi connectivity index (χ4n) is 1.52. The van der Waals surface area contributed by atoms with Crippen molar-refractivity contribution in [1.29, 1.82) is 0 Å². The number of hydrogen-bond acceptors (Lipinski definition) is 5. The van der Waals surface area contributed by atoms with Crippen molar-refractivity contribution in [1.82, 2.24) is 10.2 Å². The number of hydrogen-bond donors (Lipinski definition) is 2. The van der Waals surface area contributed by atoms with Crippen LogP contribution in [0.1, 0.15) is 0 Å². The molecule has 0 radical (unpaired) electrons. The Kier molecular flexibility index (Phi) is 7.08.